The van der Waals surface area contributed by atoms with Crippen LogP contribution in [0.15, 0.2) is 30.5 Å². The summed E-state index contributed by atoms with van der Waals surface area (Å²) in [6.45, 7) is 0. The second kappa shape index (κ2) is 4.55. The number of imidazole rings is 1. The van der Waals surface area contributed by atoms with Crippen molar-refractivity contribution in [2.75, 3.05) is 11.9 Å². The predicted octanol–water partition coefficient (Wildman–Crippen LogP) is 1.85. The standard InChI is InChI=1S/C14H12N4O3/c1-16-11-6-4-3-5-9(11)10(14(16)19)7-12-15-8-13(17(12)2)18(20)21/h3-8H,1-2H3/b10-7+. The first kappa shape index (κ1) is 13.0. The molecule has 7 nitrogen and oxygen atoms in total. The van der Waals surface area contributed by atoms with Gasteiger partial charge >= 0.3 is 5.82 Å². The number of hydrogen-bond donors (Lipinski definition) is 0. The number of carbonyl (C=O) groups is 1. The summed E-state index contributed by atoms with van der Waals surface area (Å²) in [4.78, 5) is 28.2. The molecule has 1 aliphatic heterocycles. The van der Waals surface area contributed by atoms with Crippen molar-refractivity contribution in [1.82, 2.24) is 9.55 Å². The molecule has 1 aromatic heterocycles. The molecule has 0 saturated carbocycles. The van der Waals surface area contributed by atoms with E-state index in [1.54, 1.807) is 25.1 Å². The third-order valence-electron chi connectivity index (χ3n) is 3.55. The average molecular weight is 284 g/mol. The Morgan fingerprint density at radius 1 is 1.29 bits per heavy atom. The number of hydrogen-bond acceptors (Lipinski definition) is 4. The summed E-state index contributed by atoms with van der Waals surface area (Å²) in [5.41, 5.74) is 2.10. The van der Waals surface area contributed by atoms with Gasteiger partial charge in [0.05, 0.1) is 18.3 Å². The molecule has 0 atom stereocenters. The highest BCUT2D eigenvalue weighted by Gasteiger charge is 2.30. The normalized spacial score (nSPS) is 15.6. The maximum Gasteiger partial charge on any atom is 0.342 e. The van der Waals surface area contributed by atoms with Gasteiger partial charge in [-0.25, -0.2) is 9.55 Å². The minimum absolute atomic E-state index is 0.117. The highest BCUT2D eigenvalue weighted by Crippen LogP contribution is 2.36. The fraction of sp³-hybridized carbons (Fsp3) is 0.143. The summed E-state index contributed by atoms with van der Waals surface area (Å²) in [7, 11) is 3.25. The van der Waals surface area contributed by atoms with Crippen LogP contribution in [0.25, 0.3) is 11.6 Å². The van der Waals surface area contributed by atoms with Crippen LogP contribution in [-0.4, -0.2) is 27.4 Å². The second-order valence-electron chi connectivity index (χ2n) is 4.73. The summed E-state index contributed by atoms with van der Waals surface area (Å²) in [6.07, 6.45) is 2.76. The lowest BCUT2D eigenvalue weighted by Gasteiger charge is -2.07. The van der Waals surface area contributed by atoms with Crippen molar-refractivity contribution in [1.29, 1.82) is 0 Å². The molecule has 0 bridgehead atoms. The van der Waals surface area contributed by atoms with Gasteiger partial charge in [0.25, 0.3) is 5.91 Å². The van der Waals surface area contributed by atoms with Crippen LogP contribution in [0.3, 0.4) is 0 Å². The van der Waals surface area contributed by atoms with Crippen LogP contribution in [0.2, 0.25) is 0 Å². The maximum atomic E-state index is 12.3. The molecule has 1 aromatic carbocycles. The van der Waals surface area contributed by atoms with E-state index >= 15 is 0 Å². The largest absolute Gasteiger partial charge is 0.358 e. The molecule has 0 fully saturated rings. The maximum absolute atomic E-state index is 12.3. The fourth-order valence-electron chi connectivity index (χ4n) is 2.39. The Morgan fingerprint density at radius 3 is 2.67 bits per heavy atom. The van der Waals surface area contributed by atoms with Gasteiger partial charge in [-0.3, -0.25) is 4.79 Å². The molecule has 21 heavy (non-hydrogen) atoms. The second-order valence-corrected chi connectivity index (χ2v) is 4.73. The summed E-state index contributed by atoms with van der Waals surface area (Å²) < 4.78 is 1.35. The zero-order valence-electron chi connectivity index (χ0n) is 11.5. The number of anilines is 1. The van der Waals surface area contributed by atoms with Crippen molar-refractivity contribution in [3.63, 3.8) is 0 Å². The van der Waals surface area contributed by atoms with Gasteiger partial charge in [0, 0.05) is 18.7 Å². The lowest BCUT2D eigenvalue weighted by atomic mass is 10.1. The van der Waals surface area contributed by atoms with E-state index in [0.717, 1.165) is 11.3 Å². The van der Waals surface area contributed by atoms with E-state index in [1.165, 1.54) is 10.8 Å². The van der Waals surface area contributed by atoms with E-state index in [1.807, 2.05) is 24.3 Å². The Morgan fingerprint density at radius 2 is 2.00 bits per heavy atom. The first-order valence-corrected chi connectivity index (χ1v) is 6.26. The van der Waals surface area contributed by atoms with Gasteiger partial charge in [-0.15, -0.1) is 0 Å². The Kier molecular flexibility index (Phi) is 2.83. The van der Waals surface area contributed by atoms with Crippen LogP contribution in [0, 0.1) is 10.1 Å². The van der Waals surface area contributed by atoms with Crippen LogP contribution in [0.5, 0.6) is 0 Å². The van der Waals surface area contributed by atoms with Crippen LogP contribution in [0.1, 0.15) is 11.4 Å². The molecule has 0 saturated heterocycles. The van der Waals surface area contributed by atoms with Crippen LogP contribution < -0.4 is 4.90 Å². The monoisotopic (exact) mass is 284 g/mol. The van der Waals surface area contributed by atoms with E-state index in [-0.39, 0.29) is 11.7 Å². The number of likely N-dealkylation sites (N-methyl/N-ethyl adjacent to an activating group) is 1. The molecular weight excluding hydrogens is 272 g/mol. The lowest BCUT2D eigenvalue weighted by molar-refractivity contribution is -0.391. The molecule has 2 aromatic rings. The SMILES string of the molecule is CN1C(=O)/C(=C/c2ncc([N+](=O)[O-])n2C)c2ccccc21. The molecule has 0 spiro atoms. The number of nitrogens with zero attached hydrogens (tertiary/aromatic N) is 4. The third kappa shape index (κ3) is 1.90. The van der Waals surface area contributed by atoms with Gasteiger partial charge in [-0.1, -0.05) is 18.2 Å². The predicted molar refractivity (Wildman–Crippen MR) is 77.6 cm³/mol. The highest BCUT2D eigenvalue weighted by atomic mass is 16.6. The zero-order valence-corrected chi connectivity index (χ0v) is 11.5. The minimum atomic E-state index is -0.508. The fourth-order valence-corrected chi connectivity index (χ4v) is 2.39. The number of para-hydroxylation sites is 1. The van der Waals surface area contributed by atoms with Crippen LogP contribution in [-0.2, 0) is 11.8 Å². The summed E-state index contributed by atoms with van der Waals surface area (Å²) >= 11 is 0. The number of aromatic nitrogens is 2. The van der Waals surface area contributed by atoms with Crippen molar-refractivity contribution in [3.05, 3.63) is 52.0 Å². The van der Waals surface area contributed by atoms with E-state index < -0.39 is 4.92 Å². The van der Waals surface area contributed by atoms with E-state index in [0.29, 0.717) is 11.4 Å². The Labute approximate surface area is 120 Å². The van der Waals surface area contributed by atoms with E-state index in [2.05, 4.69) is 4.98 Å². The van der Waals surface area contributed by atoms with E-state index in [9.17, 15) is 14.9 Å². The molecular formula is C14H12N4O3. The zero-order chi connectivity index (χ0) is 15.1. The molecule has 0 N–H and O–H groups in total. The molecule has 1 aliphatic rings. The van der Waals surface area contributed by atoms with Crippen molar-refractivity contribution in [2.45, 2.75) is 0 Å². The number of carbonyl (C=O) groups excluding carboxylic acids is 1. The average Bonchev–Trinajstić information content (AvgIpc) is 2.94. The molecule has 0 aliphatic carbocycles. The van der Waals surface area contributed by atoms with Gasteiger partial charge in [-0.2, -0.15) is 0 Å². The number of nitro groups is 1. The third-order valence-corrected chi connectivity index (χ3v) is 3.55. The Bertz CT molecular complexity index is 791. The first-order chi connectivity index (χ1) is 10.0. The minimum Gasteiger partial charge on any atom is -0.358 e. The smallest absolute Gasteiger partial charge is 0.342 e. The number of benzene rings is 1. The Hall–Kier alpha value is -2.96. The van der Waals surface area contributed by atoms with Gasteiger partial charge in [0.1, 0.15) is 6.20 Å². The van der Waals surface area contributed by atoms with E-state index in [4.69, 9.17) is 0 Å². The summed E-state index contributed by atoms with van der Waals surface area (Å²) in [5, 5.41) is 10.8. The quantitative estimate of drug-likeness (QED) is 0.478. The number of rotatable bonds is 2. The highest BCUT2D eigenvalue weighted by molar-refractivity contribution is 6.35. The summed E-state index contributed by atoms with van der Waals surface area (Å²) in [5.74, 6) is 0.103. The molecule has 106 valence electrons. The van der Waals surface area contributed by atoms with Crippen molar-refractivity contribution in [3.8, 4) is 0 Å². The molecule has 0 radical (unpaired) electrons. The van der Waals surface area contributed by atoms with Gasteiger partial charge in [0.15, 0.2) is 0 Å². The number of fused-ring (bicyclic) bond motifs is 1. The molecule has 3 rings (SSSR count). The van der Waals surface area contributed by atoms with Gasteiger partial charge < -0.3 is 15.0 Å². The molecule has 0 unspecified atom stereocenters. The van der Waals surface area contributed by atoms with Crippen molar-refractivity contribution < 1.29 is 9.72 Å². The molecule has 1 amide bonds. The molecule has 7 heteroatoms. The van der Waals surface area contributed by atoms with Crippen molar-refractivity contribution in [2.24, 2.45) is 7.05 Å². The summed E-state index contributed by atoms with van der Waals surface area (Å²) in [6, 6.07) is 7.41. The van der Waals surface area contributed by atoms with Gasteiger partial charge in [-0.05, 0) is 11.0 Å². The van der Waals surface area contributed by atoms with Crippen LogP contribution in [0.4, 0.5) is 11.5 Å². The van der Waals surface area contributed by atoms with Crippen molar-refractivity contribution >= 4 is 29.1 Å². The van der Waals surface area contributed by atoms with Gasteiger partial charge in [0.2, 0.25) is 5.82 Å². The Balaban J connectivity index is 2.13. The lowest BCUT2D eigenvalue weighted by Crippen LogP contribution is -2.20. The topological polar surface area (TPSA) is 81.3 Å². The van der Waals surface area contributed by atoms with Crippen LogP contribution >= 0.6 is 0 Å². The number of amides is 1. The first-order valence-electron chi connectivity index (χ1n) is 6.26. The molecule has 2 heterocycles.